The number of anilines is 2. The Morgan fingerprint density at radius 2 is 1.86 bits per heavy atom. The number of amides is 1. The van der Waals surface area contributed by atoms with Crippen LogP contribution in [0, 0.1) is 24.0 Å². The van der Waals surface area contributed by atoms with Crippen molar-refractivity contribution in [3.8, 4) is 0 Å². The van der Waals surface area contributed by atoms with Gasteiger partial charge in [-0.1, -0.05) is 6.07 Å². The molecule has 0 radical (unpaired) electrons. The van der Waals surface area contributed by atoms with Crippen LogP contribution in [0.5, 0.6) is 0 Å². The predicted molar refractivity (Wildman–Crippen MR) is 109 cm³/mol. The molecule has 0 bridgehead atoms. The molecule has 1 saturated heterocycles. The lowest BCUT2D eigenvalue weighted by Gasteiger charge is -2.35. The highest BCUT2D eigenvalue weighted by Gasteiger charge is 2.29. The zero-order chi connectivity index (χ0) is 20.5. The monoisotopic (exact) mass is 396 g/mol. The van der Waals surface area contributed by atoms with E-state index in [9.17, 15) is 14.9 Å². The van der Waals surface area contributed by atoms with Crippen molar-refractivity contribution in [2.45, 2.75) is 20.3 Å². The number of benzene rings is 1. The van der Waals surface area contributed by atoms with Crippen molar-refractivity contribution in [2.24, 2.45) is 0 Å². The minimum atomic E-state index is -0.420. The molecule has 2 aliphatic heterocycles. The van der Waals surface area contributed by atoms with Gasteiger partial charge in [0.05, 0.1) is 17.2 Å². The summed E-state index contributed by atoms with van der Waals surface area (Å²) in [5.74, 6) is 1.69. The van der Waals surface area contributed by atoms with Crippen molar-refractivity contribution in [3.05, 3.63) is 51.5 Å². The summed E-state index contributed by atoms with van der Waals surface area (Å²) >= 11 is 0. The van der Waals surface area contributed by atoms with Gasteiger partial charge in [-0.05, 0) is 25.8 Å². The van der Waals surface area contributed by atoms with Gasteiger partial charge in [0.2, 0.25) is 5.91 Å². The zero-order valence-electron chi connectivity index (χ0n) is 16.7. The number of aromatic nitrogens is 2. The zero-order valence-corrected chi connectivity index (χ0v) is 16.7. The topological polar surface area (TPSA) is 95.7 Å². The van der Waals surface area contributed by atoms with Gasteiger partial charge in [-0.15, -0.1) is 0 Å². The Kier molecular flexibility index (Phi) is 5.14. The molecule has 1 aromatic heterocycles. The van der Waals surface area contributed by atoms with E-state index in [1.165, 1.54) is 12.1 Å². The Balaban J connectivity index is 1.38. The highest BCUT2D eigenvalue weighted by atomic mass is 16.6. The molecule has 2 aliphatic rings. The number of nitro benzene ring substituents is 1. The number of carbonyl (C=O) groups excluding carboxylic acids is 1. The number of nitro groups is 1. The quantitative estimate of drug-likeness (QED) is 0.573. The van der Waals surface area contributed by atoms with Crippen molar-refractivity contribution < 1.29 is 9.72 Å². The number of hydrogen-bond acceptors (Lipinski definition) is 7. The van der Waals surface area contributed by atoms with Gasteiger partial charge in [-0.3, -0.25) is 19.8 Å². The molecule has 29 heavy (non-hydrogen) atoms. The number of rotatable bonds is 4. The average Bonchev–Trinajstić information content (AvgIpc) is 3.11. The predicted octanol–water partition coefficient (Wildman–Crippen LogP) is 1.71. The first-order valence-electron chi connectivity index (χ1n) is 9.78. The average molecular weight is 396 g/mol. The normalized spacial score (nSPS) is 16.8. The summed E-state index contributed by atoms with van der Waals surface area (Å²) in [4.78, 5) is 38.4. The molecule has 1 aromatic carbocycles. The second-order valence-corrected chi connectivity index (χ2v) is 7.54. The molecule has 4 rings (SSSR count). The molecule has 1 fully saturated rings. The van der Waals surface area contributed by atoms with Gasteiger partial charge in [0.25, 0.3) is 5.69 Å². The summed E-state index contributed by atoms with van der Waals surface area (Å²) in [5.41, 5.74) is 2.64. The number of non-ortho nitro benzene ring substituents is 1. The lowest BCUT2D eigenvalue weighted by molar-refractivity contribution is -0.384. The van der Waals surface area contributed by atoms with Gasteiger partial charge in [0, 0.05) is 56.6 Å². The SMILES string of the molecule is Cc1cc(N2CCN(CC(=O)N3CCc4ccc([N+](=O)[O-])cc43)CC2)nc(C)n1. The minimum absolute atomic E-state index is 0.00794. The first kappa shape index (κ1) is 19.3. The van der Waals surface area contributed by atoms with Crippen LogP contribution in [0.4, 0.5) is 17.2 Å². The van der Waals surface area contributed by atoms with Gasteiger partial charge >= 0.3 is 0 Å². The first-order chi connectivity index (χ1) is 13.9. The fourth-order valence-corrected chi connectivity index (χ4v) is 4.01. The second-order valence-electron chi connectivity index (χ2n) is 7.54. The number of nitrogens with zero attached hydrogens (tertiary/aromatic N) is 6. The van der Waals surface area contributed by atoms with Crippen LogP contribution in [0.25, 0.3) is 0 Å². The maximum Gasteiger partial charge on any atom is 0.271 e. The van der Waals surface area contributed by atoms with E-state index in [1.807, 2.05) is 19.9 Å². The Labute approximate surface area is 169 Å². The van der Waals surface area contributed by atoms with Crippen LogP contribution in [0.15, 0.2) is 24.3 Å². The molecule has 152 valence electrons. The summed E-state index contributed by atoms with van der Waals surface area (Å²) in [6.07, 6.45) is 0.735. The van der Waals surface area contributed by atoms with Crippen molar-refractivity contribution >= 4 is 23.1 Å². The number of carbonyl (C=O) groups is 1. The first-order valence-corrected chi connectivity index (χ1v) is 9.78. The van der Waals surface area contributed by atoms with E-state index in [0.29, 0.717) is 18.8 Å². The molecule has 0 unspecified atom stereocenters. The number of hydrogen-bond donors (Lipinski definition) is 0. The Morgan fingerprint density at radius 1 is 1.10 bits per heavy atom. The van der Waals surface area contributed by atoms with Crippen molar-refractivity contribution in [2.75, 3.05) is 49.1 Å². The summed E-state index contributed by atoms with van der Waals surface area (Å²) in [5, 5.41) is 11.1. The number of fused-ring (bicyclic) bond motifs is 1. The van der Waals surface area contributed by atoms with Gasteiger partial charge in [0.15, 0.2) is 0 Å². The minimum Gasteiger partial charge on any atom is -0.354 e. The molecule has 1 amide bonds. The van der Waals surface area contributed by atoms with Gasteiger partial charge in [-0.2, -0.15) is 0 Å². The summed E-state index contributed by atoms with van der Waals surface area (Å²) < 4.78 is 0. The molecular formula is C20H24N6O3. The second kappa shape index (κ2) is 7.75. The third-order valence-corrected chi connectivity index (χ3v) is 5.48. The lowest BCUT2D eigenvalue weighted by atomic mass is 10.1. The van der Waals surface area contributed by atoms with Crippen LogP contribution >= 0.6 is 0 Å². The summed E-state index contributed by atoms with van der Waals surface area (Å²) in [6.45, 7) is 7.88. The van der Waals surface area contributed by atoms with Crippen molar-refractivity contribution in [3.63, 3.8) is 0 Å². The number of aryl methyl sites for hydroxylation is 2. The molecule has 9 nitrogen and oxygen atoms in total. The standard InChI is InChI=1S/C20H24N6O3/c1-14-11-19(22-15(2)21-14)24-9-7-23(8-10-24)13-20(27)25-6-5-16-3-4-17(26(28)29)12-18(16)25/h3-4,11-12H,5-10,13H2,1-2H3. The van der Waals surface area contributed by atoms with Crippen LogP contribution in [0.1, 0.15) is 17.1 Å². The fraction of sp³-hybridized carbons (Fsp3) is 0.450. The van der Waals surface area contributed by atoms with E-state index < -0.39 is 4.92 Å². The van der Waals surface area contributed by atoms with E-state index in [0.717, 1.165) is 55.5 Å². The lowest BCUT2D eigenvalue weighted by Crippen LogP contribution is -2.50. The molecular weight excluding hydrogens is 372 g/mol. The molecule has 0 N–H and O–H groups in total. The van der Waals surface area contributed by atoms with Crippen LogP contribution in [-0.2, 0) is 11.2 Å². The molecule has 0 aliphatic carbocycles. The van der Waals surface area contributed by atoms with E-state index in [-0.39, 0.29) is 11.6 Å². The maximum atomic E-state index is 12.9. The molecule has 2 aromatic rings. The van der Waals surface area contributed by atoms with E-state index in [2.05, 4.69) is 19.8 Å². The number of piperazine rings is 1. The molecule has 9 heteroatoms. The van der Waals surface area contributed by atoms with E-state index in [1.54, 1.807) is 11.0 Å². The molecule has 0 spiro atoms. The van der Waals surface area contributed by atoms with Crippen molar-refractivity contribution in [1.82, 2.24) is 14.9 Å². The third-order valence-electron chi connectivity index (χ3n) is 5.48. The highest BCUT2D eigenvalue weighted by molar-refractivity contribution is 5.97. The molecule has 0 saturated carbocycles. The van der Waals surface area contributed by atoms with Crippen LogP contribution in [-0.4, -0.2) is 65.0 Å². The largest absolute Gasteiger partial charge is 0.354 e. The maximum absolute atomic E-state index is 12.9. The Morgan fingerprint density at radius 3 is 2.55 bits per heavy atom. The van der Waals surface area contributed by atoms with E-state index >= 15 is 0 Å². The Bertz CT molecular complexity index is 935. The van der Waals surface area contributed by atoms with Gasteiger partial charge in [0.1, 0.15) is 11.6 Å². The van der Waals surface area contributed by atoms with Crippen molar-refractivity contribution in [1.29, 1.82) is 0 Å². The summed E-state index contributed by atoms with van der Waals surface area (Å²) in [7, 11) is 0. The Hall–Kier alpha value is -3.07. The molecule has 0 atom stereocenters. The van der Waals surface area contributed by atoms with Gasteiger partial charge < -0.3 is 9.80 Å². The summed E-state index contributed by atoms with van der Waals surface area (Å²) in [6, 6.07) is 6.76. The van der Waals surface area contributed by atoms with E-state index in [4.69, 9.17) is 0 Å². The van der Waals surface area contributed by atoms with Gasteiger partial charge in [-0.25, -0.2) is 9.97 Å². The molecule has 3 heterocycles. The highest BCUT2D eigenvalue weighted by Crippen LogP contribution is 2.31. The fourth-order valence-electron chi connectivity index (χ4n) is 4.01. The van der Waals surface area contributed by atoms with Crippen LogP contribution in [0.3, 0.4) is 0 Å². The van der Waals surface area contributed by atoms with Crippen LogP contribution in [0.2, 0.25) is 0 Å². The smallest absolute Gasteiger partial charge is 0.271 e. The third kappa shape index (κ3) is 4.04. The van der Waals surface area contributed by atoms with Crippen LogP contribution < -0.4 is 9.80 Å².